The van der Waals surface area contributed by atoms with Crippen LogP contribution in [0.1, 0.15) is 10.5 Å². The fourth-order valence-corrected chi connectivity index (χ4v) is 1.77. The van der Waals surface area contributed by atoms with Crippen LogP contribution in [-0.2, 0) is 4.74 Å². The summed E-state index contributed by atoms with van der Waals surface area (Å²) in [5.74, 6) is -4.62. The first kappa shape index (κ1) is 16.8. The van der Waals surface area contributed by atoms with Gasteiger partial charge in [0.1, 0.15) is 5.69 Å². The Balaban J connectivity index is 2.14. The van der Waals surface area contributed by atoms with E-state index in [2.05, 4.69) is 15.6 Å². The monoisotopic (exact) mass is 325 g/mol. The van der Waals surface area contributed by atoms with Crippen molar-refractivity contribution in [2.75, 3.05) is 25.6 Å². The second-order valence-corrected chi connectivity index (χ2v) is 4.53. The molecule has 1 amide bonds. The predicted molar refractivity (Wildman–Crippen MR) is 78.0 cm³/mol. The molecule has 8 heteroatoms. The average molecular weight is 325 g/mol. The van der Waals surface area contributed by atoms with Gasteiger partial charge in [0.2, 0.25) is 0 Å². The number of amides is 1. The smallest absolute Gasteiger partial charge is 0.270 e. The number of nitrogens with one attached hydrogen (secondary N) is 2. The van der Waals surface area contributed by atoms with E-state index in [9.17, 15) is 18.0 Å². The van der Waals surface area contributed by atoms with Crippen molar-refractivity contribution in [2.45, 2.75) is 0 Å². The number of nitrogens with zero attached hydrogens (tertiary/aromatic N) is 1. The second kappa shape index (κ2) is 7.59. The molecule has 5 nitrogen and oxygen atoms in total. The summed E-state index contributed by atoms with van der Waals surface area (Å²) in [6.07, 6.45) is 1.34. The number of ether oxygens (including phenoxy) is 1. The Morgan fingerprint density at radius 1 is 1.22 bits per heavy atom. The van der Waals surface area contributed by atoms with Crippen LogP contribution in [0, 0.1) is 17.5 Å². The molecule has 0 aliphatic carbocycles. The molecule has 1 heterocycles. The summed E-state index contributed by atoms with van der Waals surface area (Å²) in [7, 11) is 1.51. The Bertz CT molecular complexity index is 710. The molecule has 0 unspecified atom stereocenters. The third-order valence-electron chi connectivity index (χ3n) is 2.90. The third-order valence-corrected chi connectivity index (χ3v) is 2.90. The Kier molecular flexibility index (Phi) is 5.53. The number of rotatable bonds is 6. The molecular formula is C15H14F3N3O2. The van der Waals surface area contributed by atoms with Crippen molar-refractivity contribution < 1.29 is 22.7 Å². The number of hydrogen-bond donors (Lipinski definition) is 2. The Labute approximate surface area is 130 Å². The van der Waals surface area contributed by atoms with Gasteiger partial charge < -0.3 is 15.4 Å². The molecule has 0 saturated heterocycles. The minimum Gasteiger partial charge on any atom is -0.383 e. The normalized spacial score (nSPS) is 10.4. The van der Waals surface area contributed by atoms with Gasteiger partial charge in [0, 0.05) is 25.5 Å². The van der Waals surface area contributed by atoms with Crippen LogP contribution in [0.3, 0.4) is 0 Å². The summed E-state index contributed by atoms with van der Waals surface area (Å²) < 4.78 is 44.5. The summed E-state index contributed by atoms with van der Waals surface area (Å²) in [5.41, 5.74) is 0.150. The molecule has 0 aliphatic heterocycles. The second-order valence-electron chi connectivity index (χ2n) is 4.53. The predicted octanol–water partition coefficient (Wildman–Crippen LogP) is 2.62. The highest BCUT2D eigenvalue weighted by molar-refractivity contribution is 5.93. The summed E-state index contributed by atoms with van der Waals surface area (Å²) in [4.78, 5) is 15.7. The highest BCUT2D eigenvalue weighted by atomic mass is 19.2. The van der Waals surface area contributed by atoms with Gasteiger partial charge in [-0.05, 0) is 24.3 Å². The third kappa shape index (κ3) is 4.19. The van der Waals surface area contributed by atoms with Crippen molar-refractivity contribution >= 4 is 17.3 Å². The molecule has 0 bridgehead atoms. The lowest BCUT2D eigenvalue weighted by Crippen LogP contribution is -2.27. The lowest BCUT2D eigenvalue weighted by molar-refractivity contribution is 0.0932. The van der Waals surface area contributed by atoms with Crippen LogP contribution in [0.15, 0.2) is 30.5 Å². The summed E-state index contributed by atoms with van der Waals surface area (Å²) >= 11 is 0. The van der Waals surface area contributed by atoms with E-state index in [0.717, 1.165) is 12.1 Å². The number of methoxy groups -OCH3 is 1. The van der Waals surface area contributed by atoms with Gasteiger partial charge in [-0.2, -0.15) is 0 Å². The van der Waals surface area contributed by atoms with Crippen molar-refractivity contribution in [3.8, 4) is 0 Å². The van der Waals surface area contributed by atoms with Gasteiger partial charge in [0.05, 0.1) is 12.3 Å². The first-order valence-electron chi connectivity index (χ1n) is 6.66. The molecular weight excluding hydrogens is 311 g/mol. The zero-order valence-electron chi connectivity index (χ0n) is 12.2. The maximum absolute atomic E-state index is 13.6. The molecule has 0 radical (unpaired) electrons. The highest BCUT2D eigenvalue weighted by Crippen LogP contribution is 2.23. The number of hydrogen-bond acceptors (Lipinski definition) is 4. The number of halogens is 3. The summed E-state index contributed by atoms with van der Waals surface area (Å²) in [6.45, 7) is 0.663. The molecule has 0 aliphatic rings. The van der Waals surface area contributed by atoms with Crippen LogP contribution < -0.4 is 10.6 Å². The number of benzene rings is 1. The Morgan fingerprint density at radius 3 is 2.74 bits per heavy atom. The molecule has 2 N–H and O–H groups in total. The van der Waals surface area contributed by atoms with Crippen molar-refractivity contribution in [1.82, 2.24) is 10.3 Å². The number of anilines is 2. The van der Waals surface area contributed by atoms with Crippen LogP contribution in [0.2, 0.25) is 0 Å². The van der Waals surface area contributed by atoms with Gasteiger partial charge in [-0.1, -0.05) is 0 Å². The molecule has 2 aromatic rings. The molecule has 0 spiro atoms. The van der Waals surface area contributed by atoms with Crippen LogP contribution in [0.5, 0.6) is 0 Å². The molecule has 1 aromatic heterocycles. The van der Waals surface area contributed by atoms with Crippen molar-refractivity contribution in [2.24, 2.45) is 0 Å². The molecule has 0 saturated carbocycles. The average Bonchev–Trinajstić information content (AvgIpc) is 2.56. The zero-order valence-corrected chi connectivity index (χ0v) is 12.2. The van der Waals surface area contributed by atoms with E-state index in [1.54, 1.807) is 0 Å². The first-order valence-corrected chi connectivity index (χ1v) is 6.66. The van der Waals surface area contributed by atoms with Gasteiger partial charge >= 0.3 is 0 Å². The van der Waals surface area contributed by atoms with E-state index < -0.39 is 23.4 Å². The van der Waals surface area contributed by atoms with Gasteiger partial charge in [-0.15, -0.1) is 0 Å². The molecule has 23 heavy (non-hydrogen) atoms. The first-order chi connectivity index (χ1) is 11.0. The van der Waals surface area contributed by atoms with E-state index in [-0.39, 0.29) is 11.4 Å². The largest absolute Gasteiger partial charge is 0.383 e. The van der Waals surface area contributed by atoms with Gasteiger partial charge in [0.15, 0.2) is 17.5 Å². The number of aromatic nitrogens is 1. The van der Waals surface area contributed by atoms with Crippen molar-refractivity contribution in [3.05, 3.63) is 53.6 Å². The van der Waals surface area contributed by atoms with Crippen LogP contribution in [0.25, 0.3) is 0 Å². The molecule has 122 valence electrons. The number of pyridine rings is 1. The van der Waals surface area contributed by atoms with Gasteiger partial charge in [0.25, 0.3) is 5.91 Å². The van der Waals surface area contributed by atoms with Crippen molar-refractivity contribution in [3.63, 3.8) is 0 Å². The molecule has 0 fully saturated rings. The fourth-order valence-electron chi connectivity index (χ4n) is 1.77. The molecule has 0 atom stereocenters. The minimum atomic E-state index is -1.57. The van der Waals surface area contributed by atoms with Crippen LogP contribution in [-0.4, -0.2) is 31.2 Å². The minimum absolute atomic E-state index is 0.0918. The lowest BCUT2D eigenvalue weighted by atomic mass is 10.2. The Hall–Kier alpha value is -2.61. The maximum Gasteiger partial charge on any atom is 0.270 e. The van der Waals surface area contributed by atoms with E-state index in [0.29, 0.717) is 18.8 Å². The van der Waals surface area contributed by atoms with Gasteiger partial charge in [-0.3, -0.25) is 9.78 Å². The SMILES string of the molecule is COCCNC(=O)c1cc(Nc2ccc(F)c(F)c2F)ccn1. The fraction of sp³-hybridized carbons (Fsp3) is 0.200. The summed E-state index contributed by atoms with van der Waals surface area (Å²) in [5, 5.41) is 5.16. The van der Waals surface area contributed by atoms with Crippen molar-refractivity contribution in [1.29, 1.82) is 0 Å². The zero-order chi connectivity index (χ0) is 16.8. The molecule has 2 rings (SSSR count). The maximum atomic E-state index is 13.6. The van der Waals surface area contributed by atoms with E-state index in [1.807, 2.05) is 0 Å². The Morgan fingerprint density at radius 2 is 2.00 bits per heavy atom. The van der Waals surface area contributed by atoms with E-state index >= 15 is 0 Å². The van der Waals surface area contributed by atoms with Crippen LogP contribution in [0.4, 0.5) is 24.5 Å². The van der Waals surface area contributed by atoms with E-state index in [1.165, 1.54) is 25.4 Å². The molecule has 1 aromatic carbocycles. The van der Waals surface area contributed by atoms with E-state index in [4.69, 9.17) is 4.74 Å². The quantitative estimate of drug-likeness (QED) is 0.633. The number of carbonyl (C=O) groups excluding carboxylic acids is 1. The number of carbonyl (C=O) groups is 1. The van der Waals surface area contributed by atoms with Crippen LogP contribution >= 0.6 is 0 Å². The lowest BCUT2D eigenvalue weighted by Gasteiger charge is -2.10. The van der Waals surface area contributed by atoms with Gasteiger partial charge in [-0.25, -0.2) is 13.2 Å². The summed E-state index contributed by atoms with van der Waals surface area (Å²) in [6, 6.07) is 4.70. The topological polar surface area (TPSA) is 63.2 Å². The highest BCUT2D eigenvalue weighted by Gasteiger charge is 2.14. The standard InChI is InChI=1S/C15H14F3N3O2/c1-23-7-6-20-15(22)12-8-9(4-5-19-12)21-11-3-2-10(16)13(17)14(11)18/h2-5,8H,6-7H2,1H3,(H,19,21)(H,20,22).